The number of carbonyl (C=O) groups excluding carboxylic acids is 1. The van der Waals surface area contributed by atoms with E-state index in [1.807, 2.05) is 6.92 Å². The molecule has 0 aromatic heterocycles. The van der Waals surface area contributed by atoms with E-state index in [0.29, 0.717) is 0 Å². The van der Waals surface area contributed by atoms with Crippen molar-refractivity contribution in [3.8, 4) is 0 Å². The molecule has 0 fully saturated rings. The average Bonchev–Trinajstić information content (AvgIpc) is 2.40. The van der Waals surface area contributed by atoms with Gasteiger partial charge < -0.3 is 16.0 Å². The van der Waals surface area contributed by atoms with Crippen molar-refractivity contribution < 1.29 is 13.2 Å². The van der Waals surface area contributed by atoms with E-state index in [1.165, 1.54) is 0 Å². The fourth-order valence-electron chi connectivity index (χ4n) is 2.06. The van der Waals surface area contributed by atoms with Gasteiger partial charge in [-0.1, -0.05) is 13.8 Å². The number of rotatable bonds is 11. The van der Waals surface area contributed by atoms with Crippen molar-refractivity contribution in [1.29, 1.82) is 0 Å². The van der Waals surface area contributed by atoms with Gasteiger partial charge in [-0.05, 0) is 45.8 Å². The van der Waals surface area contributed by atoms with Crippen LogP contribution in [0.3, 0.4) is 0 Å². The highest BCUT2D eigenvalue weighted by Crippen LogP contribution is 2.01. The second-order valence-electron chi connectivity index (χ2n) is 5.60. The zero-order valence-corrected chi connectivity index (χ0v) is 14.6. The lowest BCUT2D eigenvalue weighted by molar-refractivity contribution is -0.123. The molecule has 0 aliphatic rings. The number of nitrogens with one attached hydrogen (secondary N) is 1. The lowest BCUT2D eigenvalue weighted by atomic mass is 10.1. The van der Waals surface area contributed by atoms with Crippen molar-refractivity contribution in [3.63, 3.8) is 0 Å². The number of nitrogens with zero attached hydrogens (tertiary/aromatic N) is 1. The van der Waals surface area contributed by atoms with E-state index < -0.39 is 15.9 Å². The lowest BCUT2D eigenvalue weighted by Gasteiger charge is -2.20. The number of sulfone groups is 1. The van der Waals surface area contributed by atoms with E-state index in [0.717, 1.165) is 38.7 Å². The van der Waals surface area contributed by atoms with Gasteiger partial charge in [0.1, 0.15) is 9.84 Å². The third-order valence-corrected chi connectivity index (χ3v) is 4.51. The molecule has 2 unspecified atom stereocenters. The molecule has 6 nitrogen and oxygen atoms in total. The van der Waals surface area contributed by atoms with Crippen LogP contribution in [-0.4, -0.2) is 63.0 Å². The average molecular weight is 321 g/mol. The molecular formula is C14H31N3O3S. The quantitative estimate of drug-likeness (QED) is 0.574. The maximum atomic E-state index is 11.8. The number of nitrogens with two attached hydrogens (primary N) is 1. The maximum Gasteiger partial charge on any atom is 0.237 e. The number of carbonyl (C=O) groups is 1. The van der Waals surface area contributed by atoms with Gasteiger partial charge in [-0.25, -0.2) is 8.42 Å². The van der Waals surface area contributed by atoms with Crippen LogP contribution in [0.2, 0.25) is 0 Å². The van der Waals surface area contributed by atoms with Gasteiger partial charge in [0.15, 0.2) is 0 Å². The van der Waals surface area contributed by atoms with Crippen LogP contribution < -0.4 is 11.1 Å². The van der Waals surface area contributed by atoms with Crippen molar-refractivity contribution in [2.24, 2.45) is 5.73 Å². The largest absolute Gasteiger partial charge is 0.352 e. The van der Waals surface area contributed by atoms with Crippen LogP contribution in [0.4, 0.5) is 0 Å². The highest BCUT2D eigenvalue weighted by atomic mass is 32.2. The Bertz CT molecular complexity index is 394. The van der Waals surface area contributed by atoms with Crippen LogP contribution in [0.1, 0.15) is 40.0 Å². The summed E-state index contributed by atoms with van der Waals surface area (Å²) in [5.74, 6) is -0.327. The van der Waals surface area contributed by atoms with Gasteiger partial charge in [0.2, 0.25) is 5.91 Å². The first kappa shape index (κ1) is 20.3. The molecule has 126 valence electrons. The molecule has 0 aromatic carbocycles. The Kier molecular flexibility index (Phi) is 9.81. The van der Waals surface area contributed by atoms with E-state index in [1.54, 1.807) is 0 Å². The Hall–Kier alpha value is -0.660. The molecule has 0 aromatic rings. The van der Waals surface area contributed by atoms with E-state index in [-0.39, 0.29) is 24.1 Å². The molecule has 0 saturated heterocycles. The molecule has 0 bridgehead atoms. The molecule has 3 N–H and O–H groups in total. The first-order valence-corrected chi connectivity index (χ1v) is 9.71. The molecule has 21 heavy (non-hydrogen) atoms. The Labute approximate surface area is 129 Å². The topological polar surface area (TPSA) is 92.5 Å². The molecule has 0 aliphatic carbocycles. The van der Waals surface area contributed by atoms with Gasteiger partial charge in [0.05, 0.1) is 11.8 Å². The summed E-state index contributed by atoms with van der Waals surface area (Å²) in [5, 5.41) is 2.85. The van der Waals surface area contributed by atoms with Gasteiger partial charge >= 0.3 is 0 Å². The molecule has 0 rings (SSSR count). The number of hydrogen-bond acceptors (Lipinski definition) is 5. The van der Waals surface area contributed by atoms with Gasteiger partial charge in [-0.2, -0.15) is 0 Å². The highest BCUT2D eigenvalue weighted by Gasteiger charge is 2.17. The fraction of sp³-hybridized carbons (Fsp3) is 0.929. The van der Waals surface area contributed by atoms with Gasteiger partial charge in [-0.3, -0.25) is 4.79 Å². The first-order chi connectivity index (χ1) is 9.69. The van der Waals surface area contributed by atoms with Gasteiger partial charge in [0.25, 0.3) is 0 Å². The molecule has 0 spiro atoms. The second-order valence-corrected chi connectivity index (χ2v) is 7.86. The number of amides is 1. The minimum absolute atomic E-state index is 0.0531. The zero-order chi connectivity index (χ0) is 16.5. The molecule has 0 radical (unpaired) electrons. The van der Waals surface area contributed by atoms with Crippen LogP contribution in [0.25, 0.3) is 0 Å². The lowest BCUT2D eigenvalue weighted by Crippen LogP contribution is -2.45. The summed E-state index contributed by atoms with van der Waals surface area (Å²) in [5.41, 5.74) is 5.71. The Morgan fingerprint density at radius 1 is 1.24 bits per heavy atom. The smallest absolute Gasteiger partial charge is 0.237 e. The standard InChI is InChI=1S/C14H31N3O3S/c1-5-17(6-2)10-7-8-12(3)16-14(18)13(15)9-11-21(4,19)20/h12-13H,5-11,15H2,1-4H3,(H,16,18). The predicted molar refractivity (Wildman–Crippen MR) is 86.9 cm³/mol. The zero-order valence-electron chi connectivity index (χ0n) is 13.8. The fourth-order valence-corrected chi connectivity index (χ4v) is 2.74. The Morgan fingerprint density at radius 3 is 2.29 bits per heavy atom. The molecule has 2 atom stereocenters. The Balaban J connectivity index is 3.97. The number of hydrogen-bond donors (Lipinski definition) is 2. The highest BCUT2D eigenvalue weighted by molar-refractivity contribution is 7.90. The predicted octanol–water partition coefficient (Wildman–Crippen LogP) is 0.375. The summed E-state index contributed by atoms with van der Waals surface area (Å²) in [4.78, 5) is 14.2. The summed E-state index contributed by atoms with van der Waals surface area (Å²) in [6.45, 7) is 9.31. The molecule has 7 heteroatoms. The van der Waals surface area contributed by atoms with Crippen molar-refractivity contribution in [3.05, 3.63) is 0 Å². The maximum absolute atomic E-state index is 11.8. The van der Waals surface area contributed by atoms with Crippen molar-refractivity contribution in [2.75, 3.05) is 31.6 Å². The van der Waals surface area contributed by atoms with E-state index in [9.17, 15) is 13.2 Å². The van der Waals surface area contributed by atoms with E-state index >= 15 is 0 Å². The monoisotopic (exact) mass is 321 g/mol. The molecule has 1 amide bonds. The summed E-state index contributed by atoms with van der Waals surface area (Å²) in [6, 6.07) is -0.706. The third-order valence-electron chi connectivity index (χ3n) is 3.53. The minimum atomic E-state index is -3.08. The molecule has 0 heterocycles. The van der Waals surface area contributed by atoms with Crippen LogP contribution in [-0.2, 0) is 14.6 Å². The summed E-state index contributed by atoms with van der Waals surface area (Å²) >= 11 is 0. The van der Waals surface area contributed by atoms with Gasteiger partial charge in [-0.15, -0.1) is 0 Å². The third kappa shape index (κ3) is 10.7. The summed E-state index contributed by atoms with van der Waals surface area (Å²) in [6.07, 6.45) is 3.22. The van der Waals surface area contributed by atoms with Crippen LogP contribution in [0, 0.1) is 0 Å². The molecule has 0 aliphatic heterocycles. The Morgan fingerprint density at radius 2 is 1.81 bits per heavy atom. The second kappa shape index (κ2) is 10.1. The first-order valence-electron chi connectivity index (χ1n) is 7.65. The molecular weight excluding hydrogens is 290 g/mol. The van der Waals surface area contributed by atoms with Crippen LogP contribution in [0.15, 0.2) is 0 Å². The molecule has 0 saturated carbocycles. The summed E-state index contributed by atoms with van der Waals surface area (Å²) < 4.78 is 22.1. The van der Waals surface area contributed by atoms with Crippen molar-refractivity contribution >= 4 is 15.7 Å². The van der Waals surface area contributed by atoms with Crippen LogP contribution >= 0.6 is 0 Å². The van der Waals surface area contributed by atoms with E-state index in [2.05, 4.69) is 24.1 Å². The van der Waals surface area contributed by atoms with E-state index in [4.69, 9.17) is 5.73 Å². The minimum Gasteiger partial charge on any atom is -0.352 e. The normalized spacial score (nSPS) is 15.0. The van der Waals surface area contributed by atoms with Crippen LogP contribution in [0.5, 0.6) is 0 Å². The summed E-state index contributed by atoms with van der Waals surface area (Å²) in [7, 11) is -3.08. The van der Waals surface area contributed by atoms with Crippen molar-refractivity contribution in [2.45, 2.75) is 52.1 Å². The SMILES string of the molecule is CCN(CC)CCCC(C)NC(=O)C(N)CCS(C)(=O)=O. The van der Waals surface area contributed by atoms with Gasteiger partial charge in [0, 0.05) is 12.3 Å². The van der Waals surface area contributed by atoms with Crippen molar-refractivity contribution in [1.82, 2.24) is 10.2 Å².